The molecule has 0 radical (unpaired) electrons. The molecule has 1 atom stereocenters. The minimum absolute atomic E-state index is 0.204. The number of alkyl halides is 1. The van der Waals surface area contributed by atoms with Crippen molar-refractivity contribution in [2.45, 2.75) is 58.9 Å². The molecule has 0 saturated heterocycles. The van der Waals surface area contributed by atoms with E-state index in [1.807, 2.05) is 0 Å². The Morgan fingerprint density at radius 2 is 1.68 bits per heavy atom. The van der Waals surface area contributed by atoms with E-state index in [4.69, 9.17) is 11.6 Å². The van der Waals surface area contributed by atoms with Crippen molar-refractivity contribution in [1.82, 2.24) is 5.32 Å². The minimum atomic E-state index is 0.204. The molecule has 1 aromatic carbocycles. The van der Waals surface area contributed by atoms with Crippen LogP contribution in [0, 0.1) is 5.41 Å². The Kier molecular flexibility index (Phi) is 6.35. The van der Waals surface area contributed by atoms with E-state index < -0.39 is 0 Å². The van der Waals surface area contributed by atoms with E-state index >= 15 is 0 Å². The van der Waals surface area contributed by atoms with Crippen molar-refractivity contribution in [3.05, 3.63) is 35.4 Å². The molecule has 19 heavy (non-hydrogen) atoms. The van der Waals surface area contributed by atoms with Gasteiger partial charge in [-0.05, 0) is 28.9 Å². The third kappa shape index (κ3) is 6.98. The van der Waals surface area contributed by atoms with Gasteiger partial charge < -0.3 is 5.32 Å². The lowest BCUT2D eigenvalue weighted by Crippen LogP contribution is -2.26. The highest BCUT2D eigenvalue weighted by molar-refractivity contribution is 6.20. The lowest BCUT2D eigenvalue weighted by molar-refractivity contribution is 0.364. The Balaban J connectivity index is 2.33. The zero-order valence-corrected chi connectivity index (χ0v) is 13.7. The van der Waals surface area contributed by atoms with Crippen LogP contribution in [-0.2, 0) is 6.54 Å². The van der Waals surface area contributed by atoms with Gasteiger partial charge in [-0.25, -0.2) is 0 Å². The van der Waals surface area contributed by atoms with Crippen molar-refractivity contribution in [3.63, 3.8) is 0 Å². The average Bonchev–Trinajstić information content (AvgIpc) is 2.27. The largest absolute Gasteiger partial charge is 0.311 e. The van der Waals surface area contributed by atoms with E-state index in [9.17, 15) is 0 Å². The molecule has 0 fully saturated rings. The Morgan fingerprint density at radius 3 is 2.16 bits per heavy atom. The Bertz CT molecular complexity index is 362. The number of hydrogen-bond donors (Lipinski definition) is 1. The second-order valence-electron chi connectivity index (χ2n) is 6.89. The molecule has 1 nitrogen and oxygen atoms in total. The quantitative estimate of drug-likeness (QED) is 0.728. The fourth-order valence-electron chi connectivity index (χ4n) is 2.13. The highest BCUT2D eigenvalue weighted by Crippen LogP contribution is 2.23. The lowest BCUT2D eigenvalue weighted by atomic mass is 9.90. The summed E-state index contributed by atoms with van der Waals surface area (Å²) in [6, 6.07) is 8.84. The first kappa shape index (κ1) is 16.5. The van der Waals surface area contributed by atoms with Crippen molar-refractivity contribution in [3.8, 4) is 0 Å². The van der Waals surface area contributed by atoms with E-state index in [2.05, 4.69) is 64.2 Å². The number of benzene rings is 1. The first-order valence-electron chi connectivity index (χ1n) is 7.21. The molecule has 0 aliphatic rings. The van der Waals surface area contributed by atoms with Gasteiger partial charge in [-0.15, -0.1) is 11.6 Å². The minimum Gasteiger partial charge on any atom is -0.311 e. The monoisotopic (exact) mass is 281 g/mol. The molecular weight excluding hydrogens is 254 g/mol. The normalized spacial score (nSPS) is 13.8. The molecule has 2 heteroatoms. The van der Waals surface area contributed by atoms with Crippen LogP contribution in [0.1, 0.15) is 58.1 Å². The van der Waals surface area contributed by atoms with Gasteiger partial charge >= 0.3 is 0 Å². The second-order valence-corrected chi connectivity index (χ2v) is 7.51. The molecule has 0 amide bonds. The van der Waals surface area contributed by atoms with Crippen LogP contribution in [-0.4, -0.2) is 11.9 Å². The van der Waals surface area contributed by atoms with Crippen LogP contribution in [0.3, 0.4) is 0 Å². The van der Waals surface area contributed by atoms with E-state index in [0.717, 1.165) is 19.5 Å². The standard InChI is InChI=1S/C17H28ClN/c1-13(2)15-8-6-14(7-9-15)11-19-12-16(18)10-17(3,4)5/h6-9,13,16,19H,10-12H2,1-5H3. The zero-order chi connectivity index (χ0) is 14.5. The Labute approximate surface area is 123 Å². The first-order valence-corrected chi connectivity index (χ1v) is 7.65. The zero-order valence-electron chi connectivity index (χ0n) is 13.0. The van der Waals surface area contributed by atoms with Crippen molar-refractivity contribution in [2.24, 2.45) is 5.41 Å². The molecule has 0 aromatic heterocycles. The topological polar surface area (TPSA) is 12.0 Å². The number of halogens is 1. The maximum absolute atomic E-state index is 6.34. The molecule has 0 heterocycles. The molecule has 0 aliphatic carbocycles. The first-order chi connectivity index (χ1) is 8.78. The lowest BCUT2D eigenvalue weighted by Gasteiger charge is -2.22. The van der Waals surface area contributed by atoms with Crippen LogP contribution in [0.15, 0.2) is 24.3 Å². The van der Waals surface area contributed by atoms with Gasteiger partial charge in [0, 0.05) is 18.5 Å². The van der Waals surface area contributed by atoms with Gasteiger partial charge in [-0.3, -0.25) is 0 Å². The smallest absolute Gasteiger partial charge is 0.0465 e. The van der Waals surface area contributed by atoms with Gasteiger partial charge in [0.1, 0.15) is 0 Å². The molecular formula is C17H28ClN. The molecule has 0 saturated carbocycles. The summed E-state index contributed by atoms with van der Waals surface area (Å²) in [5.74, 6) is 0.598. The van der Waals surface area contributed by atoms with E-state index in [1.165, 1.54) is 11.1 Å². The summed E-state index contributed by atoms with van der Waals surface area (Å²) in [6.45, 7) is 12.9. The van der Waals surface area contributed by atoms with Crippen LogP contribution in [0.2, 0.25) is 0 Å². The number of nitrogens with one attached hydrogen (secondary N) is 1. The van der Waals surface area contributed by atoms with E-state index in [0.29, 0.717) is 11.3 Å². The summed E-state index contributed by atoms with van der Waals surface area (Å²) in [5.41, 5.74) is 3.02. The fraction of sp³-hybridized carbons (Fsp3) is 0.647. The Hall–Kier alpha value is -0.530. The van der Waals surface area contributed by atoms with Crippen LogP contribution < -0.4 is 5.32 Å². The predicted octanol–water partition coefficient (Wildman–Crippen LogP) is 4.94. The molecule has 0 spiro atoms. The second kappa shape index (κ2) is 7.31. The summed E-state index contributed by atoms with van der Waals surface area (Å²) < 4.78 is 0. The summed E-state index contributed by atoms with van der Waals surface area (Å²) in [7, 11) is 0. The van der Waals surface area contributed by atoms with Crippen molar-refractivity contribution < 1.29 is 0 Å². The van der Waals surface area contributed by atoms with Crippen LogP contribution in [0.25, 0.3) is 0 Å². The predicted molar refractivity (Wildman–Crippen MR) is 86.0 cm³/mol. The van der Waals surface area contributed by atoms with Crippen LogP contribution >= 0.6 is 11.6 Å². The number of hydrogen-bond acceptors (Lipinski definition) is 1. The SMILES string of the molecule is CC(C)c1ccc(CNCC(Cl)CC(C)(C)C)cc1. The third-order valence-corrected chi connectivity index (χ3v) is 3.48. The molecule has 108 valence electrons. The molecule has 1 unspecified atom stereocenters. The van der Waals surface area contributed by atoms with Gasteiger partial charge in [0.2, 0.25) is 0 Å². The van der Waals surface area contributed by atoms with Crippen molar-refractivity contribution >= 4 is 11.6 Å². The maximum Gasteiger partial charge on any atom is 0.0465 e. The fourth-order valence-corrected chi connectivity index (χ4v) is 2.70. The van der Waals surface area contributed by atoms with Gasteiger partial charge in [0.05, 0.1) is 0 Å². The summed E-state index contributed by atoms with van der Waals surface area (Å²) in [6.07, 6.45) is 1.04. The molecule has 0 bridgehead atoms. The van der Waals surface area contributed by atoms with Gasteiger partial charge in [0.25, 0.3) is 0 Å². The van der Waals surface area contributed by atoms with Crippen molar-refractivity contribution in [1.29, 1.82) is 0 Å². The van der Waals surface area contributed by atoms with Gasteiger partial charge in [-0.2, -0.15) is 0 Å². The molecule has 0 aliphatic heterocycles. The van der Waals surface area contributed by atoms with Gasteiger partial charge in [0.15, 0.2) is 0 Å². The molecule has 1 rings (SSSR count). The Morgan fingerprint density at radius 1 is 1.11 bits per heavy atom. The summed E-state index contributed by atoms with van der Waals surface area (Å²) >= 11 is 6.34. The van der Waals surface area contributed by atoms with E-state index in [1.54, 1.807) is 0 Å². The van der Waals surface area contributed by atoms with E-state index in [-0.39, 0.29) is 5.38 Å². The average molecular weight is 282 g/mol. The maximum atomic E-state index is 6.34. The van der Waals surface area contributed by atoms with Gasteiger partial charge in [-0.1, -0.05) is 58.9 Å². The summed E-state index contributed by atoms with van der Waals surface area (Å²) in [5, 5.41) is 3.64. The van der Waals surface area contributed by atoms with Crippen LogP contribution in [0.4, 0.5) is 0 Å². The molecule has 1 N–H and O–H groups in total. The highest BCUT2D eigenvalue weighted by atomic mass is 35.5. The highest BCUT2D eigenvalue weighted by Gasteiger charge is 2.16. The van der Waals surface area contributed by atoms with Crippen molar-refractivity contribution in [2.75, 3.05) is 6.54 Å². The third-order valence-electron chi connectivity index (χ3n) is 3.18. The summed E-state index contributed by atoms with van der Waals surface area (Å²) in [4.78, 5) is 0. The van der Waals surface area contributed by atoms with Crippen LogP contribution in [0.5, 0.6) is 0 Å². The molecule has 1 aromatic rings. The number of rotatable bonds is 6.